The topological polar surface area (TPSA) is 43.4 Å². The smallest absolute Gasteiger partial charge is 0.194 e. The van der Waals surface area contributed by atoms with Crippen LogP contribution in [0.25, 0.3) is 0 Å². The van der Waals surface area contributed by atoms with Gasteiger partial charge >= 0.3 is 0 Å². The van der Waals surface area contributed by atoms with E-state index in [1.807, 2.05) is 0 Å². The Bertz CT molecular complexity index is 411. The van der Waals surface area contributed by atoms with E-state index in [-0.39, 0.29) is 11.6 Å². The summed E-state index contributed by atoms with van der Waals surface area (Å²) in [5, 5.41) is 0. The van der Waals surface area contributed by atoms with Gasteiger partial charge in [-0.1, -0.05) is 12.5 Å². The van der Waals surface area contributed by atoms with Crippen molar-refractivity contribution in [2.24, 2.45) is 5.92 Å². The van der Waals surface area contributed by atoms with Crippen LogP contribution in [0.15, 0.2) is 24.0 Å². The number of ether oxygens (including phenoxy) is 1. The first-order valence-electron chi connectivity index (χ1n) is 5.88. The fraction of sp³-hybridized carbons (Fsp3) is 0.538. The molecule has 3 heteroatoms. The number of fused-ring (bicyclic) bond motifs is 1. The molecule has 0 aromatic heterocycles. The molecule has 1 heterocycles. The first-order chi connectivity index (χ1) is 7.73. The molecular formula is C13H14O3. The predicted octanol–water partition coefficient (Wildman–Crippen LogP) is 1.93. The van der Waals surface area contributed by atoms with E-state index in [1.54, 1.807) is 12.2 Å². The van der Waals surface area contributed by atoms with Crippen LogP contribution in [-0.2, 0) is 14.3 Å². The molecular weight excluding hydrogens is 204 g/mol. The van der Waals surface area contributed by atoms with Crippen LogP contribution in [0.5, 0.6) is 0 Å². The molecule has 0 N–H and O–H groups in total. The first kappa shape index (κ1) is 9.82. The number of ketones is 2. The van der Waals surface area contributed by atoms with Gasteiger partial charge < -0.3 is 4.74 Å². The number of rotatable bonds is 0. The van der Waals surface area contributed by atoms with Crippen LogP contribution in [0.2, 0.25) is 0 Å². The number of hydrogen-bond donors (Lipinski definition) is 0. The highest BCUT2D eigenvalue weighted by Gasteiger charge is 2.55. The van der Waals surface area contributed by atoms with Crippen molar-refractivity contribution in [3.63, 3.8) is 0 Å². The van der Waals surface area contributed by atoms with E-state index in [0.29, 0.717) is 5.76 Å². The quantitative estimate of drug-likeness (QED) is 0.583. The standard InChI is InChI=1S/C13H14O3/c14-9-5-4-6-10-11(9)12(15)13(16-10)7-2-1-3-8-13/h4-6,11H,1-3,7-8H2. The van der Waals surface area contributed by atoms with Crippen LogP contribution in [0.4, 0.5) is 0 Å². The lowest BCUT2D eigenvalue weighted by Gasteiger charge is -2.30. The molecule has 1 unspecified atom stereocenters. The van der Waals surface area contributed by atoms with Gasteiger partial charge in [0.2, 0.25) is 0 Å². The molecule has 0 radical (unpaired) electrons. The summed E-state index contributed by atoms with van der Waals surface area (Å²) in [5.41, 5.74) is -0.670. The Hall–Kier alpha value is -1.38. The molecule has 84 valence electrons. The van der Waals surface area contributed by atoms with Crippen LogP contribution in [0.1, 0.15) is 32.1 Å². The van der Waals surface area contributed by atoms with Crippen LogP contribution >= 0.6 is 0 Å². The predicted molar refractivity (Wildman–Crippen MR) is 57.6 cm³/mol. The molecule has 1 spiro atoms. The maximum absolute atomic E-state index is 12.3. The van der Waals surface area contributed by atoms with Crippen molar-refractivity contribution >= 4 is 11.6 Å². The van der Waals surface area contributed by atoms with Crippen molar-refractivity contribution in [1.29, 1.82) is 0 Å². The SMILES string of the molecule is O=C1C=CC=C2OC3(CCCCC3)C(=O)C12. The molecule has 16 heavy (non-hydrogen) atoms. The average molecular weight is 218 g/mol. The van der Waals surface area contributed by atoms with Gasteiger partial charge in [-0.05, 0) is 37.8 Å². The van der Waals surface area contributed by atoms with Crippen molar-refractivity contribution in [1.82, 2.24) is 0 Å². The van der Waals surface area contributed by atoms with Gasteiger partial charge in [0.05, 0.1) is 0 Å². The fourth-order valence-electron chi connectivity index (χ4n) is 2.93. The zero-order valence-electron chi connectivity index (χ0n) is 9.07. The van der Waals surface area contributed by atoms with Crippen molar-refractivity contribution in [2.75, 3.05) is 0 Å². The summed E-state index contributed by atoms with van der Waals surface area (Å²) in [4.78, 5) is 24.0. The monoisotopic (exact) mass is 218 g/mol. The van der Waals surface area contributed by atoms with Crippen molar-refractivity contribution in [2.45, 2.75) is 37.7 Å². The minimum absolute atomic E-state index is 0.00667. The second kappa shape index (κ2) is 3.30. The average Bonchev–Trinajstić information content (AvgIpc) is 2.55. The lowest BCUT2D eigenvalue weighted by molar-refractivity contribution is -0.137. The van der Waals surface area contributed by atoms with Gasteiger partial charge in [-0.3, -0.25) is 9.59 Å². The molecule has 3 aliphatic rings. The second-order valence-corrected chi connectivity index (χ2v) is 4.78. The summed E-state index contributed by atoms with van der Waals surface area (Å²) >= 11 is 0. The third kappa shape index (κ3) is 1.20. The summed E-state index contributed by atoms with van der Waals surface area (Å²) in [6.07, 6.45) is 9.64. The maximum Gasteiger partial charge on any atom is 0.194 e. The molecule has 0 aromatic carbocycles. The van der Waals surface area contributed by atoms with E-state index in [2.05, 4.69) is 0 Å². The van der Waals surface area contributed by atoms with Crippen LogP contribution in [-0.4, -0.2) is 17.2 Å². The van der Waals surface area contributed by atoms with Gasteiger partial charge in [-0.2, -0.15) is 0 Å². The van der Waals surface area contributed by atoms with Crippen LogP contribution in [0, 0.1) is 5.92 Å². The number of carbonyl (C=O) groups is 2. The number of allylic oxidation sites excluding steroid dienone is 4. The summed E-state index contributed by atoms with van der Waals surface area (Å²) in [6, 6.07) is 0. The summed E-state index contributed by atoms with van der Waals surface area (Å²) in [5.74, 6) is -0.194. The fourth-order valence-corrected chi connectivity index (χ4v) is 2.93. The molecule has 1 saturated carbocycles. The third-order valence-corrected chi connectivity index (χ3v) is 3.78. The van der Waals surface area contributed by atoms with Gasteiger partial charge in [0, 0.05) is 0 Å². The summed E-state index contributed by atoms with van der Waals surface area (Å²) in [7, 11) is 0. The minimum Gasteiger partial charge on any atom is -0.483 e. The zero-order valence-corrected chi connectivity index (χ0v) is 9.07. The Morgan fingerprint density at radius 3 is 2.62 bits per heavy atom. The Morgan fingerprint density at radius 2 is 1.94 bits per heavy atom. The second-order valence-electron chi connectivity index (χ2n) is 4.78. The maximum atomic E-state index is 12.3. The molecule has 3 rings (SSSR count). The Morgan fingerprint density at radius 1 is 1.19 bits per heavy atom. The molecule has 1 aliphatic heterocycles. The lowest BCUT2D eigenvalue weighted by atomic mass is 9.78. The molecule has 0 amide bonds. The zero-order chi connectivity index (χ0) is 11.2. The molecule has 2 aliphatic carbocycles. The summed E-state index contributed by atoms with van der Waals surface area (Å²) in [6.45, 7) is 0. The number of hydrogen-bond acceptors (Lipinski definition) is 3. The van der Waals surface area contributed by atoms with Gasteiger partial charge in [-0.25, -0.2) is 0 Å². The van der Waals surface area contributed by atoms with Crippen molar-refractivity contribution in [3.05, 3.63) is 24.0 Å². The van der Waals surface area contributed by atoms with E-state index < -0.39 is 11.5 Å². The molecule has 3 nitrogen and oxygen atoms in total. The highest BCUT2D eigenvalue weighted by atomic mass is 16.5. The van der Waals surface area contributed by atoms with Gasteiger partial charge in [0.15, 0.2) is 17.2 Å². The lowest BCUT2D eigenvalue weighted by Crippen LogP contribution is -2.40. The Labute approximate surface area is 94.2 Å². The molecule has 1 saturated heterocycles. The third-order valence-electron chi connectivity index (χ3n) is 3.78. The van der Waals surface area contributed by atoms with E-state index in [9.17, 15) is 9.59 Å². The van der Waals surface area contributed by atoms with Crippen molar-refractivity contribution in [3.8, 4) is 0 Å². The largest absolute Gasteiger partial charge is 0.483 e. The van der Waals surface area contributed by atoms with Crippen molar-refractivity contribution < 1.29 is 14.3 Å². The Kier molecular flexibility index (Phi) is 2.03. The van der Waals surface area contributed by atoms with E-state index in [1.165, 1.54) is 6.08 Å². The van der Waals surface area contributed by atoms with E-state index in [4.69, 9.17) is 4.74 Å². The summed E-state index contributed by atoms with van der Waals surface area (Å²) < 4.78 is 5.82. The molecule has 0 bridgehead atoms. The number of Topliss-reactive ketones (excluding diaryl/α,β-unsaturated/α-hetero) is 1. The van der Waals surface area contributed by atoms with Gasteiger partial charge in [0.25, 0.3) is 0 Å². The van der Waals surface area contributed by atoms with Gasteiger partial charge in [0.1, 0.15) is 11.7 Å². The van der Waals surface area contributed by atoms with Crippen LogP contribution < -0.4 is 0 Å². The Balaban J connectivity index is 1.97. The molecule has 0 aromatic rings. The molecule has 1 atom stereocenters. The molecule has 2 fully saturated rings. The highest BCUT2D eigenvalue weighted by molar-refractivity contribution is 6.14. The highest BCUT2D eigenvalue weighted by Crippen LogP contribution is 2.44. The van der Waals surface area contributed by atoms with Crippen LogP contribution in [0.3, 0.4) is 0 Å². The van der Waals surface area contributed by atoms with E-state index in [0.717, 1.165) is 32.1 Å². The number of carbonyl (C=O) groups excluding carboxylic acids is 2. The van der Waals surface area contributed by atoms with E-state index >= 15 is 0 Å². The normalized spacial score (nSPS) is 31.2. The minimum atomic E-state index is -0.670. The first-order valence-corrected chi connectivity index (χ1v) is 5.88. The van der Waals surface area contributed by atoms with Gasteiger partial charge in [-0.15, -0.1) is 0 Å².